The first-order valence-corrected chi connectivity index (χ1v) is 8.31. The zero-order valence-corrected chi connectivity index (χ0v) is 14.4. The Balaban J connectivity index is 1.99. The fraction of sp³-hybridized carbons (Fsp3) is 0.250. The standard InChI is InChI=1S/C16H15ClN4O2S/c1-21-15(23)11(14(22)20-16(21)24)13-12-8(4-5-18-13)9-6-7(17)2-3-10(9)19-12/h2-3,6,13,18-19,23H,4-5H2,1H3,(H,20,22,24)/t13-/m0/s1. The number of hydrogen-bond acceptors (Lipinski definition) is 4. The van der Waals surface area contributed by atoms with E-state index in [2.05, 4.69) is 15.3 Å². The van der Waals surface area contributed by atoms with E-state index in [1.54, 1.807) is 7.05 Å². The first kappa shape index (κ1) is 15.4. The lowest BCUT2D eigenvalue weighted by Gasteiger charge is -2.25. The predicted molar refractivity (Wildman–Crippen MR) is 95.4 cm³/mol. The Morgan fingerprint density at radius 1 is 1.38 bits per heavy atom. The number of aromatic hydroxyl groups is 1. The summed E-state index contributed by atoms with van der Waals surface area (Å²) in [5.41, 5.74) is 2.80. The molecule has 0 aliphatic carbocycles. The Labute approximate surface area is 147 Å². The largest absolute Gasteiger partial charge is 0.494 e. The highest BCUT2D eigenvalue weighted by molar-refractivity contribution is 7.71. The van der Waals surface area contributed by atoms with Crippen molar-refractivity contribution in [2.45, 2.75) is 12.5 Å². The summed E-state index contributed by atoms with van der Waals surface area (Å²) in [7, 11) is 1.62. The van der Waals surface area contributed by atoms with Crippen molar-refractivity contribution in [2.24, 2.45) is 7.05 Å². The first-order valence-electron chi connectivity index (χ1n) is 7.53. The minimum Gasteiger partial charge on any atom is -0.494 e. The summed E-state index contributed by atoms with van der Waals surface area (Å²) in [5, 5.41) is 15.5. The summed E-state index contributed by atoms with van der Waals surface area (Å²) in [6, 6.07) is 5.23. The monoisotopic (exact) mass is 362 g/mol. The van der Waals surface area contributed by atoms with Crippen LogP contribution in [0, 0.1) is 4.77 Å². The molecule has 1 aliphatic rings. The molecule has 3 aromatic rings. The molecular weight excluding hydrogens is 348 g/mol. The van der Waals surface area contributed by atoms with Gasteiger partial charge in [-0.25, -0.2) is 0 Å². The summed E-state index contributed by atoms with van der Waals surface area (Å²) in [5.74, 6) is -0.134. The summed E-state index contributed by atoms with van der Waals surface area (Å²) < 4.78 is 1.57. The lowest BCUT2D eigenvalue weighted by atomic mass is 9.95. The summed E-state index contributed by atoms with van der Waals surface area (Å²) in [6.45, 7) is 0.690. The fourth-order valence-corrected chi connectivity index (χ4v) is 3.68. The third kappa shape index (κ3) is 2.20. The third-order valence-corrected chi connectivity index (χ3v) is 5.14. The lowest BCUT2D eigenvalue weighted by molar-refractivity contribution is 0.401. The van der Waals surface area contributed by atoms with Crippen molar-refractivity contribution in [3.8, 4) is 5.88 Å². The third-order valence-electron chi connectivity index (χ3n) is 4.53. The van der Waals surface area contributed by atoms with Gasteiger partial charge in [0.15, 0.2) is 4.77 Å². The van der Waals surface area contributed by atoms with E-state index in [0.29, 0.717) is 11.6 Å². The van der Waals surface area contributed by atoms with Crippen LogP contribution in [0.2, 0.25) is 5.02 Å². The summed E-state index contributed by atoms with van der Waals surface area (Å²) in [4.78, 5) is 18.4. The minimum atomic E-state index is -0.439. The van der Waals surface area contributed by atoms with Crippen LogP contribution in [0.5, 0.6) is 5.88 Å². The van der Waals surface area contributed by atoms with Crippen LogP contribution in [0.25, 0.3) is 10.9 Å². The van der Waals surface area contributed by atoms with E-state index in [1.165, 1.54) is 4.57 Å². The maximum absolute atomic E-state index is 12.4. The molecule has 1 atom stereocenters. The van der Waals surface area contributed by atoms with Gasteiger partial charge < -0.3 is 15.4 Å². The van der Waals surface area contributed by atoms with Crippen molar-refractivity contribution in [3.63, 3.8) is 0 Å². The normalized spacial score (nSPS) is 17.2. The zero-order valence-electron chi connectivity index (χ0n) is 12.8. The number of nitrogens with zero attached hydrogens (tertiary/aromatic N) is 1. The zero-order chi connectivity index (χ0) is 17.0. The van der Waals surface area contributed by atoms with Crippen LogP contribution in [0.4, 0.5) is 0 Å². The van der Waals surface area contributed by atoms with Crippen LogP contribution in [-0.2, 0) is 13.5 Å². The number of aromatic nitrogens is 3. The SMILES string of the molecule is Cn1c(O)c([C@@H]2NCCc3c2[nH]c2ccc(Cl)cc32)c(=O)[nH]c1=S. The van der Waals surface area contributed by atoms with E-state index in [0.717, 1.165) is 28.6 Å². The summed E-state index contributed by atoms with van der Waals surface area (Å²) in [6.07, 6.45) is 0.816. The number of fused-ring (bicyclic) bond motifs is 3. The van der Waals surface area contributed by atoms with E-state index in [-0.39, 0.29) is 16.2 Å². The van der Waals surface area contributed by atoms with Gasteiger partial charge in [-0.1, -0.05) is 11.6 Å². The molecule has 124 valence electrons. The molecule has 3 heterocycles. The Hall–Kier alpha value is -2.09. The van der Waals surface area contributed by atoms with Gasteiger partial charge in [0.2, 0.25) is 5.88 Å². The predicted octanol–water partition coefficient (Wildman–Crippen LogP) is 2.52. The first-order chi connectivity index (χ1) is 11.5. The van der Waals surface area contributed by atoms with Crippen LogP contribution in [0.15, 0.2) is 23.0 Å². The van der Waals surface area contributed by atoms with E-state index in [9.17, 15) is 9.90 Å². The maximum atomic E-state index is 12.4. The van der Waals surface area contributed by atoms with Gasteiger partial charge in [0, 0.05) is 35.2 Å². The number of benzene rings is 1. The van der Waals surface area contributed by atoms with Crippen LogP contribution in [-0.4, -0.2) is 26.2 Å². The average Bonchev–Trinajstić information content (AvgIpc) is 2.92. The van der Waals surface area contributed by atoms with Gasteiger partial charge in [0.25, 0.3) is 5.56 Å². The van der Waals surface area contributed by atoms with Crippen molar-refractivity contribution in [1.29, 1.82) is 0 Å². The number of H-pyrrole nitrogens is 2. The van der Waals surface area contributed by atoms with Gasteiger partial charge in [0.1, 0.15) is 5.56 Å². The molecule has 4 N–H and O–H groups in total. The van der Waals surface area contributed by atoms with E-state index in [4.69, 9.17) is 23.8 Å². The topological polar surface area (TPSA) is 85.8 Å². The highest BCUT2D eigenvalue weighted by atomic mass is 35.5. The molecular formula is C16H15ClN4O2S. The van der Waals surface area contributed by atoms with Crippen LogP contribution in [0.1, 0.15) is 22.9 Å². The molecule has 8 heteroatoms. The molecule has 2 aromatic heterocycles. The Morgan fingerprint density at radius 2 is 2.17 bits per heavy atom. The second-order valence-electron chi connectivity index (χ2n) is 5.90. The second-order valence-corrected chi connectivity index (χ2v) is 6.72. The Bertz CT molecular complexity index is 1080. The van der Waals surface area contributed by atoms with E-state index >= 15 is 0 Å². The molecule has 0 saturated heterocycles. The van der Waals surface area contributed by atoms with Gasteiger partial charge in [-0.3, -0.25) is 14.3 Å². The van der Waals surface area contributed by atoms with Gasteiger partial charge in [0.05, 0.1) is 6.04 Å². The van der Waals surface area contributed by atoms with Crippen molar-refractivity contribution < 1.29 is 5.11 Å². The molecule has 0 radical (unpaired) electrons. The van der Waals surface area contributed by atoms with Crippen molar-refractivity contribution in [2.75, 3.05) is 6.54 Å². The second kappa shape index (κ2) is 5.47. The van der Waals surface area contributed by atoms with Gasteiger partial charge in [-0.2, -0.15) is 0 Å². The Kier molecular flexibility index (Phi) is 3.52. The number of hydrogen-bond donors (Lipinski definition) is 4. The lowest BCUT2D eigenvalue weighted by Crippen LogP contribution is -2.35. The average molecular weight is 363 g/mol. The fourth-order valence-electron chi connectivity index (χ4n) is 3.33. The number of nitrogens with one attached hydrogen (secondary N) is 3. The van der Waals surface area contributed by atoms with E-state index < -0.39 is 11.6 Å². The molecule has 0 spiro atoms. The number of aromatic amines is 2. The Morgan fingerprint density at radius 3 is 2.96 bits per heavy atom. The molecule has 0 amide bonds. The maximum Gasteiger partial charge on any atom is 0.260 e. The minimum absolute atomic E-state index is 0.134. The van der Waals surface area contributed by atoms with Gasteiger partial charge in [-0.15, -0.1) is 0 Å². The van der Waals surface area contributed by atoms with Crippen LogP contribution >= 0.6 is 23.8 Å². The molecule has 0 fully saturated rings. The van der Waals surface area contributed by atoms with Crippen LogP contribution in [0.3, 0.4) is 0 Å². The molecule has 0 bridgehead atoms. The molecule has 0 saturated carbocycles. The highest BCUT2D eigenvalue weighted by Crippen LogP contribution is 2.35. The van der Waals surface area contributed by atoms with Crippen molar-refractivity contribution >= 4 is 34.7 Å². The molecule has 6 nitrogen and oxygen atoms in total. The van der Waals surface area contributed by atoms with Crippen molar-refractivity contribution in [1.82, 2.24) is 19.9 Å². The molecule has 0 unspecified atom stereocenters. The van der Waals surface area contributed by atoms with Crippen molar-refractivity contribution in [3.05, 3.63) is 55.2 Å². The van der Waals surface area contributed by atoms with Crippen LogP contribution < -0.4 is 10.9 Å². The smallest absolute Gasteiger partial charge is 0.260 e. The summed E-state index contributed by atoms with van der Waals surface area (Å²) >= 11 is 11.2. The number of rotatable bonds is 1. The molecule has 4 rings (SSSR count). The van der Waals surface area contributed by atoms with Gasteiger partial charge in [-0.05, 0) is 42.4 Å². The quantitative estimate of drug-likeness (QED) is 0.501. The molecule has 24 heavy (non-hydrogen) atoms. The highest BCUT2D eigenvalue weighted by Gasteiger charge is 2.30. The number of halogens is 1. The van der Waals surface area contributed by atoms with Gasteiger partial charge >= 0.3 is 0 Å². The molecule has 1 aliphatic heterocycles. The molecule has 1 aromatic carbocycles. The van der Waals surface area contributed by atoms with E-state index in [1.807, 2.05) is 18.2 Å².